The van der Waals surface area contributed by atoms with E-state index < -0.39 is 0 Å². The van der Waals surface area contributed by atoms with Crippen molar-refractivity contribution in [2.75, 3.05) is 18.0 Å². The van der Waals surface area contributed by atoms with Gasteiger partial charge in [-0.25, -0.2) is 9.97 Å². The molecular formula is C13H22N4O. The Morgan fingerprint density at radius 2 is 2.17 bits per heavy atom. The number of nitrogens with two attached hydrogens (primary N) is 1. The van der Waals surface area contributed by atoms with E-state index in [1.165, 1.54) is 0 Å². The van der Waals surface area contributed by atoms with E-state index in [0.717, 1.165) is 31.7 Å². The smallest absolute Gasteiger partial charge is 0.218 e. The SMILES string of the molecule is CCCC1(N)CN(c2cc(OC(C)C)ncn2)C1. The molecule has 1 aromatic rings. The van der Waals surface area contributed by atoms with E-state index in [-0.39, 0.29) is 11.6 Å². The van der Waals surface area contributed by atoms with Crippen LogP contribution in [0, 0.1) is 0 Å². The Labute approximate surface area is 108 Å². The molecule has 100 valence electrons. The average Bonchev–Trinajstić information content (AvgIpc) is 2.25. The summed E-state index contributed by atoms with van der Waals surface area (Å²) in [6, 6.07) is 1.88. The third-order valence-corrected chi connectivity index (χ3v) is 3.07. The fraction of sp³-hybridized carbons (Fsp3) is 0.692. The van der Waals surface area contributed by atoms with Crippen molar-refractivity contribution in [2.24, 2.45) is 5.73 Å². The fourth-order valence-corrected chi connectivity index (χ4v) is 2.34. The molecule has 0 spiro atoms. The zero-order valence-electron chi connectivity index (χ0n) is 11.4. The zero-order valence-corrected chi connectivity index (χ0v) is 11.4. The molecule has 1 saturated heterocycles. The van der Waals surface area contributed by atoms with Crippen LogP contribution in [-0.2, 0) is 0 Å². The molecule has 18 heavy (non-hydrogen) atoms. The summed E-state index contributed by atoms with van der Waals surface area (Å²) in [5, 5.41) is 0. The third kappa shape index (κ3) is 2.90. The van der Waals surface area contributed by atoms with Crippen LogP contribution in [0.15, 0.2) is 12.4 Å². The van der Waals surface area contributed by atoms with Gasteiger partial charge < -0.3 is 15.4 Å². The lowest BCUT2D eigenvalue weighted by molar-refractivity contribution is 0.231. The number of hydrogen-bond acceptors (Lipinski definition) is 5. The zero-order chi connectivity index (χ0) is 13.2. The summed E-state index contributed by atoms with van der Waals surface area (Å²) in [5.74, 6) is 1.53. The minimum Gasteiger partial charge on any atom is -0.475 e. The van der Waals surface area contributed by atoms with E-state index in [2.05, 4.69) is 21.8 Å². The molecule has 1 aromatic heterocycles. The van der Waals surface area contributed by atoms with Gasteiger partial charge in [-0.05, 0) is 20.3 Å². The minimum atomic E-state index is -0.0429. The lowest BCUT2D eigenvalue weighted by Crippen LogP contribution is -2.67. The number of aromatic nitrogens is 2. The van der Waals surface area contributed by atoms with Gasteiger partial charge >= 0.3 is 0 Å². The predicted octanol–water partition coefficient (Wildman–Crippen LogP) is 1.58. The van der Waals surface area contributed by atoms with Crippen LogP contribution >= 0.6 is 0 Å². The molecule has 5 nitrogen and oxygen atoms in total. The highest BCUT2D eigenvalue weighted by Gasteiger charge is 2.39. The lowest BCUT2D eigenvalue weighted by atomic mass is 9.86. The number of anilines is 1. The second kappa shape index (κ2) is 5.10. The van der Waals surface area contributed by atoms with Crippen molar-refractivity contribution in [3.05, 3.63) is 12.4 Å². The van der Waals surface area contributed by atoms with Crippen LogP contribution < -0.4 is 15.4 Å². The van der Waals surface area contributed by atoms with Gasteiger partial charge in [0.25, 0.3) is 0 Å². The molecule has 0 amide bonds. The van der Waals surface area contributed by atoms with Crippen molar-refractivity contribution in [1.82, 2.24) is 9.97 Å². The van der Waals surface area contributed by atoms with E-state index in [1.807, 2.05) is 19.9 Å². The molecule has 2 rings (SSSR count). The lowest BCUT2D eigenvalue weighted by Gasteiger charge is -2.48. The monoisotopic (exact) mass is 250 g/mol. The minimum absolute atomic E-state index is 0.0429. The van der Waals surface area contributed by atoms with Gasteiger partial charge in [0.15, 0.2) is 0 Å². The molecule has 0 aliphatic carbocycles. The van der Waals surface area contributed by atoms with E-state index in [4.69, 9.17) is 10.5 Å². The molecule has 1 aliphatic rings. The average molecular weight is 250 g/mol. The highest BCUT2D eigenvalue weighted by molar-refractivity contribution is 5.46. The first-order valence-corrected chi connectivity index (χ1v) is 6.55. The van der Waals surface area contributed by atoms with Crippen molar-refractivity contribution in [3.8, 4) is 5.88 Å². The second-order valence-electron chi connectivity index (χ2n) is 5.35. The van der Waals surface area contributed by atoms with Gasteiger partial charge in [-0.3, -0.25) is 0 Å². The molecule has 0 bridgehead atoms. The molecule has 0 saturated carbocycles. The van der Waals surface area contributed by atoms with Crippen molar-refractivity contribution >= 4 is 5.82 Å². The number of rotatable bonds is 5. The Bertz CT molecular complexity index is 402. The number of hydrogen-bond donors (Lipinski definition) is 1. The summed E-state index contributed by atoms with van der Waals surface area (Å²) in [6.07, 6.45) is 3.85. The Balaban J connectivity index is 1.99. The van der Waals surface area contributed by atoms with Crippen LogP contribution in [0.4, 0.5) is 5.82 Å². The summed E-state index contributed by atoms with van der Waals surface area (Å²) >= 11 is 0. The van der Waals surface area contributed by atoms with Gasteiger partial charge in [-0.2, -0.15) is 0 Å². The maximum atomic E-state index is 6.24. The molecule has 5 heteroatoms. The molecule has 0 aromatic carbocycles. The quantitative estimate of drug-likeness (QED) is 0.859. The Kier molecular flexibility index (Phi) is 3.71. The van der Waals surface area contributed by atoms with Gasteiger partial charge in [0.1, 0.15) is 12.1 Å². The number of ether oxygens (including phenoxy) is 1. The summed E-state index contributed by atoms with van der Waals surface area (Å²) < 4.78 is 5.56. The van der Waals surface area contributed by atoms with Crippen LogP contribution in [0.25, 0.3) is 0 Å². The maximum absolute atomic E-state index is 6.24. The van der Waals surface area contributed by atoms with Gasteiger partial charge in [0, 0.05) is 19.2 Å². The highest BCUT2D eigenvalue weighted by Crippen LogP contribution is 2.28. The van der Waals surface area contributed by atoms with Crippen LogP contribution in [0.1, 0.15) is 33.6 Å². The Morgan fingerprint density at radius 3 is 2.78 bits per heavy atom. The summed E-state index contributed by atoms with van der Waals surface area (Å²) in [4.78, 5) is 10.5. The van der Waals surface area contributed by atoms with E-state index in [9.17, 15) is 0 Å². The van der Waals surface area contributed by atoms with Crippen molar-refractivity contribution in [1.29, 1.82) is 0 Å². The highest BCUT2D eigenvalue weighted by atomic mass is 16.5. The first-order chi connectivity index (χ1) is 8.52. The van der Waals surface area contributed by atoms with Gasteiger partial charge in [-0.1, -0.05) is 13.3 Å². The summed E-state index contributed by atoms with van der Waals surface area (Å²) in [7, 11) is 0. The summed E-state index contributed by atoms with van der Waals surface area (Å²) in [6.45, 7) is 7.85. The molecule has 1 fully saturated rings. The van der Waals surface area contributed by atoms with E-state index in [0.29, 0.717) is 5.88 Å². The molecule has 0 atom stereocenters. The fourth-order valence-electron chi connectivity index (χ4n) is 2.34. The van der Waals surface area contributed by atoms with Crippen molar-refractivity contribution < 1.29 is 4.74 Å². The van der Waals surface area contributed by atoms with Crippen LogP contribution in [-0.4, -0.2) is 34.7 Å². The van der Waals surface area contributed by atoms with Gasteiger partial charge in [0.05, 0.1) is 11.6 Å². The second-order valence-corrected chi connectivity index (χ2v) is 5.35. The standard InChI is InChI=1S/C13H22N4O/c1-4-5-13(14)7-17(8-13)11-6-12(16-9-15-11)18-10(2)3/h6,9-10H,4-5,7-8,14H2,1-3H3. The van der Waals surface area contributed by atoms with Crippen LogP contribution in [0.5, 0.6) is 5.88 Å². The van der Waals surface area contributed by atoms with E-state index in [1.54, 1.807) is 6.33 Å². The van der Waals surface area contributed by atoms with Crippen LogP contribution in [0.3, 0.4) is 0 Å². The maximum Gasteiger partial charge on any atom is 0.218 e. The topological polar surface area (TPSA) is 64.3 Å². The van der Waals surface area contributed by atoms with Crippen LogP contribution in [0.2, 0.25) is 0 Å². The molecule has 0 radical (unpaired) electrons. The molecule has 1 aliphatic heterocycles. The van der Waals surface area contributed by atoms with E-state index >= 15 is 0 Å². The van der Waals surface area contributed by atoms with Gasteiger partial charge in [-0.15, -0.1) is 0 Å². The molecule has 0 unspecified atom stereocenters. The first kappa shape index (κ1) is 13.1. The Morgan fingerprint density at radius 1 is 1.44 bits per heavy atom. The first-order valence-electron chi connectivity index (χ1n) is 6.55. The normalized spacial score (nSPS) is 17.7. The Hall–Kier alpha value is -1.36. The molecular weight excluding hydrogens is 228 g/mol. The van der Waals surface area contributed by atoms with Gasteiger partial charge in [0.2, 0.25) is 5.88 Å². The molecule has 2 heterocycles. The van der Waals surface area contributed by atoms with Crippen molar-refractivity contribution in [2.45, 2.75) is 45.3 Å². The number of nitrogens with zero attached hydrogens (tertiary/aromatic N) is 3. The van der Waals surface area contributed by atoms with Crippen molar-refractivity contribution in [3.63, 3.8) is 0 Å². The molecule has 2 N–H and O–H groups in total. The summed E-state index contributed by atoms with van der Waals surface area (Å²) in [5.41, 5.74) is 6.20. The third-order valence-electron chi connectivity index (χ3n) is 3.07. The predicted molar refractivity (Wildman–Crippen MR) is 71.8 cm³/mol. The largest absolute Gasteiger partial charge is 0.475 e.